The molecule has 4 heteroatoms. The van der Waals surface area contributed by atoms with E-state index in [2.05, 4.69) is 24.1 Å². The maximum atomic E-state index is 6.36. The molecule has 106 valence electrons. The SMILES string of the molecule is COCCOc1ccc(C(N)C2CCCN2C)cc1. The van der Waals surface area contributed by atoms with E-state index in [4.69, 9.17) is 15.2 Å². The molecular weight excluding hydrogens is 240 g/mol. The summed E-state index contributed by atoms with van der Waals surface area (Å²) in [5.41, 5.74) is 7.54. The molecule has 4 nitrogen and oxygen atoms in total. The van der Waals surface area contributed by atoms with Crippen LogP contribution in [0, 0.1) is 0 Å². The molecule has 1 fully saturated rings. The molecule has 2 unspecified atom stereocenters. The average Bonchev–Trinajstić information content (AvgIpc) is 2.85. The number of rotatable bonds is 6. The summed E-state index contributed by atoms with van der Waals surface area (Å²) in [7, 11) is 3.82. The first kappa shape index (κ1) is 14.3. The van der Waals surface area contributed by atoms with Crippen LogP contribution in [0.25, 0.3) is 0 Å². The van der Waals surface area contributed by atoms with Gasteiger partial charge in [-0.15, -0.1) is 0 Å². The Morgan fingerprint density at radius 1 is 1.32 bits per heavy atom. The van der Waals surface area contributed by atoms with Crippen molar-refractivity contribution in [3.63, 3.8) is 0 Å². The minimum Gasteiger partial charge on any atom is -0.491 e. The van der Waals surface area contributed by atoms with Crippen LogP contribution in [0.2, 0.25) is 0 Å². The molecule has 1 aromatic carbocycles. The van der Waals surface area contributed by atoms with E-state index in [0.29, 0.717) is 19.3 Å². The number of likely N-dealkylation sites (tertiary alicyclic amines) is 1. The maximum Gasteiger partial charge on any atom is 0.119 e. The highest BCUT2D eigenvalue weighted by Gasteiger charge is 2.27. The van der Waals surface area contributed by atoms with Gasteiger partial charge in [0.1, 0.15) is 12.4 Å². The molecule has 1 aromatic rings. The summed E-state index contributed by atoms with van der Waals surface area (Å²) in [6, 6.07) is 8.65. The Morgan fingerprint density at radius 3 is 2.63 bits per heavy atom. The summed E-state index contributed by atoms with van der Waals surface area (Å²) in [4.78, 5) is 2.35. The predicted molar refractivity (Wildman–Crippen MR) is 76.4 cm³/mol. The number of methoxy groups -OCH3 is 1. The van der Waals surface area contributed by atoms with Crippen molar-refractivity contribution in [3.05, 3.63) is 29.8 Å². The van der Waals surface area contributed by atoms with E-state index < -0.39 is 0 Å². The summed E-state index contributed by atoms with van der Waals surface area (Å²) in [6.45, 7) is 2.33. The van der Waals surface area contributed by atoms with Gasteiger partial charge in [-0.3, -0.25) is 0 Å². The smallest absolute Gasteiger partial charge is 0.119 e. The third-order valence-electron chi connectivity index (χ3n) is 3.81. The van der Waals surface area contributed by atoms with Crippen LogP contribution in [0.4, 0.5) is 0 Å². The van der Waals surface area contributed by atoms with Crippen molar-refractivity contribution in [2.45, 2.75) is 24.9 Å². The lowest BCUT2D eigenvalue weighted by molar-refractivity contribution is 0.146. The first-order valence-electron chi connectivity index (χ1n) is 6.90. The number of hydrogen-bond acceptors (Lipinski definition) is 4. The Labute approximate surface area is 115 Å². The monoisotopic (exact) mass is 264 g/mol. The Balaban J connectivity index is 1.93. The van der Waals surface area contributed by atoms with Gasteiger partial charge in [-0.2, -0.15) is 0 Å². The molecule has 1 aliphatic heterocycles. The van der Waals surface area contributed by atoms with E-state index in [-0.39, 0.29) is 6.04 Å². The molecule has 0 aliphatic carbocycles. The second-order valence-corrected chi connectivity index (χ2v) is 5.13. The van der Waals surface area contributed by atoms with Gasteiger partial charge in [-0.1, -0.05) is 12.1 Å². The van der Waals surface area contributed by atoms with E-state index in [1.807, 2.05) is 12.1 Å². The van der Waals surface area contributed by atoms with Gasteiger partial charge in [0.25, 0.3) is 0 Å². The molecule has 2 rings (SSSR count). The van der Waals surface area contributed by atoms with Crippen LogP contribution < -0.4 is 10.5 Å². The van der Waals surface area contributed by atoms with E-state index in [1.54, 1.807) is 7.11 Å². The number of nitrogens with two attached hydrogens (primary N) is 1. The summed E-state index contributed by atoms with van der Waals surface area (Å²) in [5.74, 6) is 0.868. The van der Waals surface area contributed by atoms with Gasteiger partial charge in [-0.25, -0.2) is 0 Å². The number of hydrogen-bond donors (Lipinski definition) is 1. The van der Waals surface area contributed by atoms with Crippen molar-refractivity contribution >= 4 is 0 Å². The van der Waals surface area contributed by atoms with Gasteiger partial charge in [0.2, 0.25) is 0 Å². The summed E-state index contributed by atoms with van der Waals surface area (Å²) < 4.78 is 10.5. The zero-order chi connectivity index (χ0) is 13.7. The second-order valence-electron chi connectivity index (χ2n) is 5.13. The average molecular weight is 264 g/mol. The number of nitrogens with zero attached hydrogens (tertiary/aromatic N) is 1. The van der Waals surface area contributed by atoms with Crippen molar-refractivity contribution < 1.29 is 9.47 Å². The van der Waals surface area contributed by atoms with Gasteiger partial charge in [0.15, 0.2) is 0 Å². The second kappa shape index (κ2) is 6.89. The van der Waals surface area contributed by atoms with Crippen molar-refractivity contribution in [1.82, 2.24) is 4.90 Å². The van der Waals surface area contributed by atoms with E-state index in [1.165, 1.54) is 18.4 Å². The van der Waals surface area contributed by atoms with Crippen LogP contribution in [-0.4, -0.2) is 44.9 Å². The number of benzene rings is 1. The fourth-order valence-corrected chi connectivity index (χ4v) is 2.64. The molecule has 0 aromatic heterocycles. The number of ether oxygens (including phenoxy) is 2. The summed E-state index contributed by atoms with van der Waals surface area (Å²) in [6.07, 6.45) is 2.43. The van der Waals surface area contributed by atoms with Crippen molar-refractivity contribution in [2.75, 3.05) is 33.9 Å². The lowest BCUT2D eigenvalue weighted by atomic mass is 9.98. The van der Waals surface area contributed by atoms with Crippen LogP contribution >= 0.6 is 0 Å². The zero-order valence-corrected chi connectivity index (χ0v) is 11.8. The van der Waals surface area contributed by atoms with Gasteiger partial charge in [-0.05, 0) is 44.1 Å². The summed E-state index contributed by atoms with van der Waals surface area (Å²) >= 11 is 0. The molecule has 0 spiro atoms. The quantitative estimate of drug-likeness (QED) is 0.796. The number of likely N-dealkylation sites (N-methyl/N-ethyl adjacent to an activating group) is 1. The third kappa shape index (κ3) is 3.69. The molecule has 1 saturated heterocycles. The van der Waals surface area contributed by atoms with Crippen molar-refractivity contribution in [1.29, 1.82) is 0 Å². The molecule has 0 amide bonds. The van der Waals surface area contributed by atoms with Gasteiger partial charge in [0, 0.05) is 19.2 Å². The standard InChI is InChI=1S/C15H24N2O2/c1-17-9-3-4-14(17)15(16)12-5-7-13(8-6-12)19-11-10-18-2/h5-8,14-15H,3-4,9-11,16H2,1-2H3. The molecule has 0 bridgehead atoms. The van der Waals surface area contributed by atoms with Gasteiger partial charge < -0.3 is 20.1 Å². The zero-order valence-electron chi connectivity index (χ0n) is 11.8. The minimum absolute atomic E-state index is 0.0838. The van der Waals surface area contributed by atoms with Gasteiger partial charge >= 0.3 is 0 Å². The largest absolute Gasteiger partial charge is 0.491 e. The van der Waals surface area contributed by atoms with Gasteiger partial charge in [0.05, 0.1) is 6.61 Å². The Kier molecular flexibility index (Phi) is 5.19. The minimum atomic E-state index is 0.0838. The molecule has 1 aliphatic rings. The fraction of sp³-hybridized carbons (Fsp3) is 0.600. The first-order chi connectivity index (χ1) is 9.22. The maximum absolute atomic E-state index is 6.36. The molecule has 0 radical (unpaired) electrons. The molecule has 0 saturated carbocycles. The first-order valence-corrected chi connectivity index (χ1v) is 6.90. The van der Waals surface area contributed by atoms with E-state index >= 15 is 0 Å². The Bertz CT molecular complexity index is 380. The molecular formula is C15H24N2O2. The van der Waals surface area contributed by atoms with Crippen molar-refractivity contribution in [3.8, 4) is 5.75 Å². The molecule has 19 heavy (non-hydrogen) atoms. The third-order valence-corrected chi connectivity index (χ3v) is 3.81. The molecule has 1 heterocycles. The van der Waals surface area contributed by atoms with Crippen LogP contribution in [0.15, 0.2) is 24.3 Å². The predicted octanol–water partition coefficient (Wildman–Crippen LogP) is 1.81. The van der Waals surface area contributed by atoms with Crippen LogP contribution in [-0.2, 0) is 4.74 Å². The fourth-order valence-electron chi connectivity index (χ4n) is 2.64. The Morgan fingerprint density at radius 2 is 2.05 bits per heavy atom. The summed E-state index contributed by atoms with van der Waals surface area (Å²) in [5, 5.41) is 0. The normalized spacial score (nSPS) is 21.5. The van der Waals surface area contributed by atoms with Crippen LogP contribution in [0.3, 0.4) is 0 Å². The molecule has 2 N–H and O–H groups in total. The lowest BCUT2D eigenvalue weighted by Crippen LogP contribution is -2.35. The topological polar surface area (TPSA) is 47.7 Å². The highest BCUT2D eigenvalue weighted by atomic mass is 16.5. The van der Waals surface area contributed by atoms with Crippen LogP contribution in [0.1, 0.15) is 24.4 Å². The van der Waals surface area contributed by atoms with Crippen molar-refractivity contribution in [2.24, 2.45) is 5.73 Å². The van der Waals surface area contributed by atoms with E-state index in [0.717, 1.165) is 12.3 Å². The van der Waals surface area contributed by atoms with E-state index in [9.17, 15) is 0 Å². The Hall–Kier alpha value is -1.10. The molecule has 2 atom stereocenters. The highest BCUT2D eigenvalue weighted by Crippen LogP contribution is 2.27. The van der Waals surface area contributed by atoms with Crippen LogP contribution in [0.5, 0.6) is 5.75 Å². The highest BCUT2D eigenvalue weighted by molar-refractivity contribution is 5.30. The lowest BCUT2D eigenvalue weighted by Gasteiger charge is -2.26.